The number of para-hydroxylation sites is 1. The molecule has 2 saturated heterocycles. The van der Waals surface area contributed by atoms with Crippen molar-refractivity contribution in [2.24, 2.45) is 11.8 Å². The van der Waals surface area contributed by atoms with E-state index >= 15 is 0 Å². The van der Waals surface area contributed by atoms with Crippen LogP contribution in [-0.2, 0) is 14.4 Å². The zero-order valence-electron chi connectivity index (χ0n) is 16.2. The molecule has 0 bridgehead atoms. The Kier molecular flexibility index (Phi) is 5.50. The summed E-state index contributed by atoms with van der Waals surface area (Å²) in [5, 5.41) is 25.2. The molecule has 0 aliphatic carbocycles. The van der Waals surface area contributed by atoms with Gasteiger partial charge in [0.15, 0.2) is 6.29 Å². The first kappa shape index (κ1) is 20.3. The van der Waals surface area contributed by atoms with Gasteiger partial charge >= 0.3 is 0 Å². The first-order valence-electron chi connectivity index (χ1n) is 9.63. The van der Waals surface area contributed by atoms with Crippen molar-refractivity contribution in [1.29, 1.82) is 0 Å². The fourth-order valence-corrected chi connectivity index (χ4v) is 3.79. The number of anilines is 2. The molecule has 2 fully saturated rings. The van der Waals surface area contributed by atoms with Crippen molar-refractivity contribution < 1.29 is 19.3 Å². The van der Waals surface area contributed by atoms with E-state index in [1.165, 1.54) is 24.3 Å². The molecule has 2 aliphatic rings. The van der Waals surface area contributed by atoms with Crippen LogP contribution in [0.3, 0.4) is 0 Å². The lowest BCUT2D eigenvalue weighted by molar-refractivity contribution is -0.384. The summed E-state index contributed by atoms with van der Waals surface area (Å²) in [6.45, 7) is 0. The van der Waals surface area contributed by atoms with Crippen molar-refractivity contribution in [3.05, 3.63) is 64.7 Å². The molecule has 11 heteroatoms. The molecule has 0 aromatic heterocycles. The molecule has 5 N–H and O–H groups in total. The van der Waals surface area contributed by atoms with E-state index in [4.69, 9.17) is 0 Å². The minimum Gasteiger partial charge on any atom is -0.353 e. The van der Waals surface area contributed by atoms with E-state index in [1.54, 1.807) is 0 Å². The highest BCUT2D eigenvalue weighted by molar-refractivity contribution is 6.00. The van der Waals surface area contributed by atoms with Gasteiger partial charge in [0.1, 0.15) is 0 Å². The van der Waals surface area contributed by atoms with E-state index in [0.717, 1.165) is 5.69 Å². The molecule has 3 amide bonds. The van der Waals surface area contributed by atoms with Gasteiger partial charge in [-0.05, 0) is 18.2 Å². The number of nitro benzene ring substituents is 1. The molecule has 4 unspecified atom stereocenters. The summed E-state index contributed by atoms with van der Waals surface area (Å²) < 4.78 is 0. The largest absolute Gasteiger partial charge is 0.353 e. The molecule has 2 aromatic carbocycles. The number of benzene rings is 2. The fourth-order valence-electron chi connectivity index (χ4n) is 3.79. The first-order valence-corrected chi connectivity index (χ1v) is 9.63. The second kappa shape index (κ2) is 8.40. The number of rotatable bonds is 5. The van der Waals surface area contributed by atoms with Crippen LogP contribution in [-0.4, -0.2) is 35.1 Å². The summed E-state index contributed by atoms with van der Waals surface area (Å²) in [6.07, 6.45) is -1.57. The monoisotopic (exact) mass is 424 g/mol. The van der Waals surface area contributed by atoms with E-state index in [9.17, 15) is 24.5 Å². The lowest BCUT2D eigenvalue weighted by Gasteiger charge is -2.43. The molecule has 4 rings (SSSR count). The maximum atomic E-state index is 12.9. The molecule has 0 radical (unpaired) electrons. The Hall–Kier alpha value is -3.99. The highest BCUT2D eigenvalue weighted by Crippen LogP contribution is 2.28. The molecular weight excluding hydrogens is 404 g/mol. The first-order chi connectivity index (χ1) is 14.9. The fraction of sp³-hybridized carbons (Fsp3) is 0.250. The molecule has 11 nitrogen and oxygen atoms in total. The van der Waals surface area contributed by atoms with Crippen molar-refractivity contribution in [1.82, 2.24) is 16.0 Å². The van der Waals surface area contributed by atoms with Crippen LogP contribution >= 0.6 is 0 Å². The number of amides is 3. The number of piperidine rings is 1. The Morgan fingerprint density at radius 1 is 1.03 bits per heavy atom. The number of hydrogen-bond donors (Lipinski definition) is 5. The number of non-ortho nitro benzene ring substituents is 1. The predicted molar refractivity (Wildman–Crippen MR) is 110 cm³/mol. The maximum absolute atomic E-state index is 12.9. The average molecular weight is 424 g/mol. The van der Waals surface area contributed by atoms with Crippen LogP contribution in [0.5, 0.6) is 0 Å². The van der Waals surface area contributed by atoms with Crippen LogP contribution in [0, 0.1) is 22.0 Å². The van der Waals surface area contributed by atoms with Crippen LogP contribution in [0.25, 0.3) is 0 Å². The second-order valence-corrected chi connectivity index (χ2v) is 7.30. The Balaban J connectivity index is 1.49. The quantitative estimate of drug-likeness (QED) is 0.350. The van der Waals surface area contributed by atoms with Gasteiger partial charge in [-0.1, -0.05) is 24.3 Å². The van der Waals surface area contributed by atoms with Crippen LogP contribution in [0.4, 0.5) is 17.1 Å². The van der Waals surface area contributed by atoms with E-state index in [2.05, 4.69) is 26.6 Å². The number of carbonyl (C=O) groups is 3. The summed E-state index contributed by atoms with van der Waals surface area (Å²) in [7, 11) is 0. The normalized spacial score (nSPS) is 24.9. The smallest absolute Gasteiger partial charge is 0.271 e. The Labute approximate surface area is 176 Å². The number of nitrogens with zero attached hydrogens (tertiary/aromatic N) is 1. The lowest BCUT2D eigenvalue weighted by atomic mass is 9.81. The summed E-state index contributed by atoms with van der Waals surface area (Å²) in [5.74, 6) is -3.11. The van der Waals surface area contributed by atoms with Crippen LogP contribution in [0.2, 0.25) is 0 Å². The van der Waals surface area contributed by atoms with E-state index in [-0.39, 0.29) is 23.7 Å². The van der Waals surface area contributed by atoms with Crippen LogP contribution < -0.4 is 26.6 Å². The topological polar surface area (TPSA) is 154 Å². The molecule has 0 saturated carbocycles. The molecular formula is C20H20N6O5. The average Bonchev–Trinajstić information content (AvgIpc) is 2.73. The number of hydrogen-bond acceptors (Lipinski definition) is 7. The van der Waals surface area contributed by atoms with Gasteiger partial charge in [-0.3, -0.25) is 29.8 Å². The standard InChI is InChI=1S/C20H20N6O5/c27-15-10-14(18(28)21-12-7-4-8-13(9-12)26(30)31)16-17(23-15)24-20(25-19(16)29)22-11-5-2-1-3-6-11/h1-9,14,16-17,20,22,24H,10H2,(H,21,28)(H,23,27)(H,25,29). The Morgan fingerprint density at radius 2 is 1.77 bits per heavy atom. The summed E-state index contributed by atoms with van der Waals surface area (Å²) in [6, 6.07) is 14.7. The molecule has 4 atom stereocenters. The van der Waals surface area contributed by atoms with E-state index < -0.39 is 41.0 Å². The predicted octanol–water partition coefficient (Wildman–Crippen LogP) is 0.727. The van der Waals surface area contributed by atoms with E-state index in [0.29, 0.717) is 0 Å². The maximum Gasteiger partial charge on any atom is 0.271 e. The molecule has 160 valence electrons. The third-order valence-electron chi connectivity index (χ3n) is 5.20. The zero-order chi connectivity index (χ0) is 22.0. The summed E-state index contributed by atoms with van der Waals surface area (Å²) >= 11 is 0. The minimum absolute atomic E-state index is 0.173. The van der Waals surface area contributed by atoms with E-state index in [1.807, 2.05) is 30.3 Å². The van der Waals surface area contributed by atoms with Crippen molar-refractivity contribution in [2.75, 3.05) is 10.6 Å². The van der Waals surface area contributed by atoms with Gasteiger partial charge in [0, 0.05) is 29.9 Å². The van der Waals surface area contributed by atoms with Gasteiger partial charge in [0.05, 0.1) is 22.9 Å². The number of carbonyl (C=O) groups excluding carboxylic acids is 3. The summed E-state index contributed by atoms with van der Waals surface area (Å²) in [4.78, 5) is 48.3. The van der Waals surface area contributed by atoms with Crippen molar-refractivity contribution >= 4 is 34.8 Å². The van der Waals surface area contributed by atoms with Crippen LogP contribution in [0.15, 0.2) is 54.6 Å². The number of nitrogens with one attached hydrogen (secondary N) is 5. The van der Waals surface area contributed by atoms with Gasteiger partial charge in [-0.2, -0.15) is 0 Å². The third-order valence-corrected chi connectivity index (χ3v) is 5.20. The van der Waals surface area contributed by atoms with Gasteiger partial charge in [-0.15, -0.1) is 0 Å². The van der Waals surface area contributed by atoms with Crippen molar-refractivity contribution in [3.63, 3.8) is 0 Å². The zero-order valence-corrected chi connectivity index (χ0v) is 16.2. The van der Waals surface area contributed by atoms with Gasteiger partial charge in [-0.25, -0.2) is 0 Å². The van der Waals surface area contributed by atoms with Crippen LogP contribution in [0.1, 0.15) is 6.42 Å². The van der Waals surface area contributed by atoms with Crippen molar-refractivity contribution in [2.45, 2.75) is 18.9 Å². The number of nitro groups is 1. The molecule has 2 aromatic rings. The third kappa shape index (κ3) is 4.46. The number of fused-ring (bicyclic) bond motifs is 1. The van der Waals surface area contributed by atoms with Crippen molar-refractivity contribution in [3.8, 4) is 0 Å². The van der Waals surface area contributed by atoms with Gasteiger partial charge in [0.25, 0.3) is 5.69 Å². The highest BCUT2D eigenvalue weighted by Gasteiger charge is 2.48. The molecule has 2 heterocycles. The highest BCUT2D eigenvalue weighted by atomic mass is 16.6. The summed E-state index contributed by atoms with van der Waals surface area (Å²) in [5.41, 5.74) is 0.805. The van der Waals surface area contributed by atoms with Gasteiger partial charge < -0.3 is 21.3 Å². The molecule has 0 spiro atoms. The Bertz CT molecular complexity index is 1030. The lowest BCUT2D eigenvalue weighted by Crippen LogP contribution is -2.72. The molecule has 2 aliphatic heterocycles. The second-order valence-electron chi connectivity index (χ2n) is 7.30. The molecule has 31 heavy (non-hydrogen) atoms. The minimum atomic E-state index is -0.941. The Morgan fingerprint density at radius 3 is 2.52 bits per heavy atom. The van der Waals surface area contributed by atoms with Gasteiger partial charge in [0.2, 0.25) is 17.7 Å². The SMILES string of the molecule is O=C1CC(C(=O)Nc2cccc([N+](=O)[O-])c2)C2C(=O)NC(Nc3ccccc3)NC2N1.